The number of aliphatic hydroxyl groups is 1. The Balaban J connectivity index is 3.79. The van der Waals surface area contributed by atoms with Crippen molar-refractivity contribution in [3.63, 3.8) is 0 Å². The molecule has 0 bridgehead atoms. The minimum atomic E-state index is -0.723. The van der Waals surface area contributed by atoms with Crippen LogP contribution in [0.2, 0.25) is 0 Å². The van der Waals surface area contributed by atoms with Gasteiger partial charge in [-0.15, -0.1) is 0 Å². The van der Waals surface area contributed by atoms with Crippen LogP contribution in [-0.2, 0) is 9.53 Å². The first kappa shape index (κ1) is 10.5. The van der Waals surface area contributed by atoms with Gasteiger partial charge in [0.1, 0.15) is 6.61 Å². The number of azide groups is 1. The van der Waals surface area contributed by atoms with Crippen LogP contribution in [0, 0.1) is 0 Å². The first-order valence-electron chi connectivity index (χ1n) is 3.18. The van der Waals surface area contributed by atoms with Gasteiger partial charge in [-0.05, 0) is 5.53 Å². The molecule has 0 saturated heterocycles. The SMILES string of the molecule is C=CC(=O)OCC(CO)N=[N+]=[N-]. The van der Waals surface area contributed by atoms with E-state index >= 15 is 0 Å². The van der Waals surface area contributed by atoms with Crippen LogP contribution in [0.3, 0.4) is 0 Å². The number of rotatable bonds is 5. The fourth-order valence-corrected chi connectivity index (χ4v) is 0.433. The van der Waals surface area contributed by atoms with E-state index in [1.807, 2.05) is 0 Å². The van der Waals surface area contributed by atoms with Crippen molar-refractivity contribution in [1.82, 2.24) is 0 Å². The number of esters is 1. The zero-order valence-corrected chi connectivity index (χ0v) is 6.38. The minimum absolute atomic E-state index is 0.134. The maximum absolute atomic E-state index is 10.5. The summed E-state index contributed by atoms with van der Waals surface area (Å²) in [5.74, 6) is -0.610. The normalized spacial score (nSPS) is 11.1. The van der Waals surface area contributed by atoms with Gasteiger partial charge < -0.3 is 9.84 Å². The van der Waals surface area contributed by atoms with Gasteiger partial charge in [-0.2, -0.15) is 0 Å². The summed E-state index contributed by atoms with van der Waals surface area (Å²) in [5, 5.41) is 11.7. The van der Waals surface area contributed by atoms with E-state index in [1.165, 1.54) is 0 Å². The highest BCUT2D eigenvalue weighted by Crippen LogP contribution is 1.92. The Bertz CT molecular complexity index is 210. The molecule has 6 nitrogen and oxygen atoms in total. The molecule has 0 aromatic rings. The number of nitrogens with zero attached hydrogens (tertiary/aromatic N) is 3. The van der Waals surface area contributed by atoms with Crippen LogP contribution in [0.1, 0.15) is 0 Å². The van der Waals surface area contributed by atoms with E-state index in [1.54, 1.807) is 0 Å². The van der Waals surface area contributed by atoms with Crippen LogP contribution >= 0.6 is 0 Å². The van der Waals surface area contributed by atoms with Crippen LogP contribution in [0.15, 0.2) is 17.8 Å². The lowest BCUT2D eigenvalue weighted by atomic mass is 10.4. The molecule has 1 unspecified atom stereocenters. The van der Waals surface area contributed by atoms with Crippen molar-refractivity contribution in [1.29, 1.82) is 0 Å². The Kier molecular flexibility index (Phi) is 5.42. The highest BCUT2D eigenvalue weighted by atomic mass is 16.5. The summed E-state index contributed by atoms with van der Waals surface area (Å²) in [4.78, 5) is 12.9. The van der Waals surface area contributed by atoms with E-state index in [0.29, 0.717) is 0 Å². The third kappa shape index (κ3) is 4.32. The third-order valence-electron chi connectivity index (χ3n) is 1.01. The molecule has 0 aliphatic rings. The summed E-state index contributed by atoms with van der Waals surface area (Å²) in [6.07, 6.45) is 0.991. The van der Waals surface area contributed by atoms with Gasteiger partial charge in [-0.25, -0.2) is 4.79 Å². The molecule has 6 heteroatoms. The Morgan fingerprint density at radius 2 is 2.58 bits per heavy atom. The van der Waals surface area contributed by atoms with Gasteiger partial charge >= 0.3 is 5.97 Å². The standard InChI is InChI=1S/C6H9N3O3/c1-2-6(11)12-4-5(3-10)8-9-7/h2,5,10H,1,3-4H2. The van der Waals surface area contributed by atoms with E-state index < -0.39 is 12.0 Å². The van der Waals surface area contributed by atoms with Gasteiger partial charge in [0.05, 0.1) is 12.6 Å². The zero-order valence-electron chi connectivity index (χ0n) is 6.38. The van der Waals surface area contributed by atoms with Gasteiger partial charge in [0.25, 0.3) is 0 Å². The number of aliphatic hydroxyl groups excluding tert-OH is 1. The molecule has 0 saturated carbocycles. The highest BCUT2D eigenvalue weighted by Gasteiger charge is 2.06. The summed E-state index contributed by atoms with van der Waals surface area (Å²) in [6, 6.07) is -0.723. The summed E-state index contributed by atoms with van der Waals surface area (Å²) in [5.41, 5.74) is 7.98. The molecular formula is C6H9N3O3. The number of hydrogen-bond donors (Lipinski definition) is 1. The van der Waals surface area contributed by atoms with Crippen LogP contribution in [0.5, 0.6) is 0 Å². The summed E-state index contributed by atoms with van der Waals surface area (Å²) >= 11 is 0. The Hall–Kier alpha value is -1.52. The molecule has 1 N–H and O–H groups in total. The molecule has 1 atom stereocenters. The predicted molar refractivity (Wildman–Crippen MR) is 41.2 cm³/mol. The van der Waals surface area contributed by atoms with Crippen molar-refractivity contribution in [2.75, 3.05) is 13.2 Å². The number of hydrogen-bond acceptors (Lipinski definition) is 4. The molecule has 12 heavy (non-hydrogen) atoms. The van der Waals surface area contributed by atoms with Crippen molar-refractivity contribution >= 4 is 5.97 Å². The first-order valence-corrected chi connectivity index (χ1v) is 3.18. The Morgan fingerprint density at radius 3 is 3.00 bits per heavy atom. The van der Waals surface area contributed by atoms with E-state index in [4.69, 9.17) is 10.6 Å². The van der Waals surface area contributed by atoms with Gasteiger partial charge in [0.2, 0.25) is 0 Å². The maximum atomic E-state index is 10.5. The molecule has 0 radical (unpaired) electrons. The largest absolute Gasteiger partial charge is 0.462 e. The number of carbonyl (C=O) groups is 1. The first-order chi connectivity index (χ1) is 5.74. The molecule has 0 aliphatic heterocycles. The topological polar surface area (TPSA) is 95.3 Å². The van der Waals surface area contributed by atoms with Gasteiger partial charge in [-0.3, -0.25) is 0 Å². The minimum Gasteiger partial charge on any atom is -0.462 e. The second-order valence-corrected chi connectivity index (χ2v) is 1.88. The zero-order chi connectivity index (χ0) is 9.40. The van der Waals surface area contributed by atoms with Crippen molar-refractivity contribution in [2.24, 2.45) is 5.11 Å². The molecule has 0 aromatic heterocycles. The van der Waals surface area contributed by atoms with Crippen LogP contribution in [0.4, 0.5) is 0 Å². The Labute approximate surface area is 69.1 Å². The van der Waals surface area contributed by atoms with Crippen molar-refractivity contribution < 1.29 is 14.6 Å². The maximum Gasteiger partial charge on any atom is 0.330 e. The smallest absolute Gasteiger partial charge is 0.330 e. The average molecular weight is 171 g/mol. The quantitative estimate of drug-likeness (QED) is 0.213. The lowest BCUT2D eigenvalue weighted by Crippen LogP contribution is -2.19. The molecule has 0 heterocycles. The fourth-order valence-electron chi connectivity index (χ4n) is 0.433. The summed E-state index contributed by atoms with van der Waals surface area (Å²) in [6.45, 7) is 2.68. The van der Waals surface area contributed by atoms with Gasteiger partial charge in [-0.1, -0.05) is 11.7 Å². The van der Waals surface area contributed by atoms with E-state index in [-0.39, 0.29) is 13.2 Å². The van der Waals surface area contributed by atoms with Gasteiger partial charge in [0, 0.05) is 11.0 Å². The van der Waals surface area contributed by atoms with E-state index in [9.17, 15) is 4.79 Å². The molecule has 0 spiro atoms. The van der Waals surface area contributed by atoms with Crippen molar-refractivity contribution in [3.8, 4) is 0 Å². The second kappa shape index (κ2) is 6.21. The highest BCUT2D eigenvalue weighted by molar-refractivity contribution is 5.81. The molecule has 0 fully saturated rings. The van der Waals surface area contributed by atoms with Crippen LogP contribution in [-0.4, -0.2) is 30.3 Å². The van der Waals surface area contributed by atoms with E-state index in [2.05, 4.69) is 21.3 Å². The second-order valence-electron chi connectivity index (χ2n) is 1.88. The monoisotopic (exact) mass is 171 g/mol. The van der Waals surface area contributed by atoms with Gasteiger partial charge in [0.15, 0.2) is 0 Å². The lowest BCUT2D eigenvalue weighted by Gasteiger charge is -2.06. The van der Waals surface area contributed by atoms with E-state index in [0.717, 1.165) is 6.08 Å². The number of ether oxygens (including phenoxy) is 1. The number of carbonyl (C=O) groups excluding carboxylic acids is 1. The summed E-state index contributed by atoms with van der Waals surface area (Å²) in [7, 11) is 0. The molecule has 0 aliphatic carbocycles. The fraction of sp³-hybridized carbons (Fsp3) is 0.500. The average Bonchev–Trinajstić information content (AvgIpc) is 2.11. The van der Waals surface area contributed by atoms with Crippen LogP contribution in [0.25, 0.3) is 10.4 Å². The van der Waals surface area contributed by atoms with Crippen molar-refractivity contribution in [3.05, 3.63) is 23.1 Å². The third-order valence-corrected chi connectivity index (χ3v) is 1.01. The molecule has 0 amide bonds. The van der Waals surface area contributed by atoms with Crippen LogP contribution < -0.4 is 0 Å². The lowest BCUT2D eigenvalue weighted by molar-refractivity contribution is -0.138. The molecule has 0 aromatic carbocycles. The molecular weight excluding hydrogens is 162 g/mol. The van der Waals surface area contributed by atoms with Crippen molar-refractivity contribution in [2.45, 2.75) is 6.04 Å². The molecule has 0 rings (SSSR count). The Morgan fingerprint density at radius 1 is 1.92 bits per heavy atom. The molecule has 66 valence electrons. The predicted octanol–water partition coefficient (Wildman–Crippen LogP) is 0.387. The summed E-state index contributed by atoms with van der Waals surface area (Å²) < 4.78 is 4.51.